The molecule has 1 heterocycles. The minimum atomic E-state index is -1.29. The number of nitrogens with one attached hydrogen (secondary N) is 1. The highest BCUT2D eigenvalue weighted by Crippen LogP contribution is 2.39. The van der Waals surface area contributed by atoms with Crippen LogP contribution >= 0.6 is 0 Å². The molecular formula is C21H21NO4. The number of fused-ring (bicyclic) bond motifs is 1. The van der Waals surface area contributed by atoms with Gasteiger partial charge in [0.15, 0.2) is 0 Å². The van der Waals surface area contributed by atoms with Crippen molar-refractivity contribution >= 4 is 17.6 Å². The van der Waals surface area contributed by atoms with E-state index >= 15 is 0 Å². The summed E-state index contributed by atoms with van der Waals surface area (Å²) in [5, 5.41) is 12.8. The summed E-state index contributed by atoms with van der Waals surface area (Å²) >= 11 is 0. The Kier molecular flexibility index (Phi) is 4.80. The summed E-state index contributed by atoms with van der Waals surface area (Å²) in [7, 11) is 0. The Morgan fingerprint density at radius 2 is 1.92 bits per heavy atom. The molecule has 2 aromatic carbocycles. The van der Waals surface area contributed by atoms with Crippen LogP contribution in [0.25, 0.3) is 11.1 Å². The summed E-state index contributed by atoms with van der Waals surface area (Å²) in [5.41, 5.74) is 3.21. The van der Waals surface area contributed by atoms with E-state index in [0.29, 0.717) is 6.42 Å². The second-order valence-corrected chi connectivity index (χ2v) is 6.50. The average molecular weight is 351 g/mol. The molecular weight excluding hydrogens is 330 g/mol. The number of ether oxygens (including phenoxy) is 1. The molecule has 1 aliphatic rings. The number of carboxylic acid groups (broad SMARTS) is 1. The van der Waals surface area contributed by atoms with Gasteiger partial charge in [0.05, 0.1) is 12.1 Å². The van der Waals surface area contributed by atoms with E-state index in [1.165, 1.54) is 6.08 Å². The molecule has 0 aromatic heterocycles. The molecule has 5 heteroatoms. The number of esters is 1. The molecule has 5 nitrogen and oxygen atoms in total. The molecule has 26 heavy (non-hydrogen) atoms. The lowest BCUT2D eigenvalue weighted by Crippen LogP contribution is -2.32. The highest BCUT2D eigenvalue weighted by atomic mass is 16.5. The van der Waals surface area contributed by atoms with Gasteiger partial charge in [-0.3, -0.25) is 0 Å². The molecule has 3 rings (SSSR count). The van der Waals surface area contributed by atoms with Crippen LogP contribution in [0.3, 0.4) is 0 Å². The Morgan fingerprint density at radius 3 is 2.58 bits per heavy atom. The molecule has 0 saturated heterocycles. The third-order valence-corrected chi connectivity index (χ3v) is 4.41. The lowest BCUT2D eigenvalue weighted by atomic mass is 9.90. The lowest BCUT2D eigenvalue weighted by molar-refractivity contribution is -0.143. The van der Waals surface area contributed by atoms with Crippen molar-refractivity contribution in [2.45, 2.75) is 25.8 Å². The number of carboxylic acids is 1. The largest absolute Gasteiger partial charge is 0.477 e. The van der Waals surface area contributed by atoms with Crippen LogP contribution in [0.4, 0.5) is 5.69 Å². The zero-order valence-electron chi connectivity index (χ0n) is 14.8. The third-order valence-electron chi connectivity index (χ3n) is 4.41. The Balaban J connectivity index is 1.98. The zero-order chi connectivity index (χ0) is 18.7. The van der Waals surface area contributed by atoms with Crippen LogP contribution in [0.2, 0.25) is 0 Å². The van der Waals surface area contributed by atoms with Crippen molar-refractivity contribution in [3.05, 3.63) is 65.7 Å². The maximum atomic E-state index is 12.0. The summed E-state index contributed by atoms with van der Waals surface area (Å²) in [6, 6.07) is 16.0. The third kappa shape index (κ3) is 3.47. The minimum Gasteiger partial charge on any atom is -0.477 e. The van der Waals surface area contributed by atoms with Gasteiger partial charge in [0.1, 0.15) is 5.57 Å². The molecule has 0 radical (unpaired) electrons. The first-order valence-corrected chi connectivity index (χ1v) is 8.52. The second-order valence-electron chi connectivity index (χ2n) is 6.50. The maximum Gasteiger partial charge on any atom is 0.345 e. The number of hydrogen-bond acceptors (Lipinski definition) is 4. The Labute approximate surface area is 152 Å². The number of carbonyl (C=O) groups excluding carboxylic acids is 1. The molecule has 0 bridgehead atoms. The average Bonchev–Trinajstić information content (AvgIpc) is 2.96. The van der Waals surface area contributed by atoms with E-state index in [-0.39, 0.29) is 12.2 Å². The molecule has 1 unspecified atom stereocenters. The van der Waals surface area contributed by atoms with E-state index in [2.05, 4.69) is 11.4 Å². The topological polar surface area (TPSA) is 75.6 Å². The van der Waals surface area contributed by atoms with Crippen molar-refractivity contribution in [1.29, 1.82) is 0 Å². The summed E-state index contributed by atoms with van der Waals surface area (Å²) in [5.74, 6) is -2.10. The molecule has 0 aliphatic carbocycles. The van der Waals surface area contributed by atoms with Crippen molar-refractivity contribution < 1.29 is 19.4 Å². The normalized spacial score (nSPS) is 18.8. The predicted octanol–water partition coefficient (Wildman–Crippen LogP) is 3.65. The van der Waals surface area contributed by atoms with E-state index in [0.717, 1.165) is 22.4 Å². The van der Waals surface area contributed by atoms with Gasteiger partial charge in [-0.05, 0) is 42.7 Å². The van der Waals surface area contributed by atoms with Crippen LogP contribution in [0.15, 0.2) is 60.2 Å². The van der Waals surface area contributed by atoms with E-state index in [1.54, 1.807) is 6.92 Å². The fraction of sp³-hybridized carbons (Fsp3) is 0.238. The first-order chi connectivity index (χ1) is 12.4. The fourth-order valence-corrected chi connectivity index (χ4v) is 3.32. The van der Waals surface area contributed by atoms with Gasteiger partial charge in [-0.2, -0.15) is 0 Å². The van der Waals surface area contributed by atoms with Gasteiger partial charge in [-0.1, -0.05) is 42.5 Å². The van der Waals surface area contributed by atoms with Gasteiger partial charge in [0.2, 0.25) is 0 Å². The van der Waals surface area contributed by atoms with Crippen LogP contribution in [0.5, 0.6) is 0 Å². The van der Waals surface area contributed by atoms with Crippen molar-refractivity contribution in [2.75, 3.05) is 11.9 Å². The number of carbonyl (C=O) groups is 2. The molecule has 2 aromatic rings. The second kappa shape index (κ2) is 7.04. The van der Waals surface area contributed by atoms with Crippen LogP contribution in [0, 0.1) is 0 Å². The molecule has 0 fully saturated rings. The maximum absolute atomic E-state index is 12.0. The molecule has 2 N–H and O–H groups in total. The van der Waals surface area contributed by atoms with E-state index < -0.39 is 17.5 Å². The standard InChI is InChI=1S/C21H21NO4/c1-3-26-20(25)17(19(23)24)13-21(2)12-16-15(10-7-11-18(16)22-21)14-8-5-4-6-9-14/h4-11,13,22H,3,12H2,1-2H3,(H,23,24). The molecule has 134 valence electrons. The van der Waals surface area contributed by atoms with Gasteiger partial charge in [-0.15, -0.1) is 0 Å². The molecule has 0 saturated carbocycles. The Bertz CT molecular complexity index is 873. The van der Waals surface area contributed by atoms with E-state index in [9.17, 15) is 14.7 Å². The van der Waals surface area contributed by atoms with Gasteiger partial charge in [0, 0.05) is 12.1 Å². The van der Waals surface area contributed by atoms with Crippen LogP contribution in [-0.4, -0.2) is 29.2 Å². The first-order valence-electron chi connectivity index (χ1n) is 8.52. The molecule has 0 amide bonds. The zero-order valence-corrected chi connectivity index (χ0v) is 14.8. The fourth-order valence-electron chi connectivity index (χ4n) is 3.32. The van der Waals surface area contributed by atoms with E-state index in [4.69, 9.17) is 4.74 Å². The smallest absolute Gasteiger partial charge is 0.345 e. The summed E-state index contributed by atoms with van der Waals surface area (Å²) < 4.78 is 4.87. The number of anilines is 1. The van der Waals surface area contributed by atoms with Crippen molar-refractivity contribution in [3.8, 4) is 11.1 Å². The number of benzene rings is 2. The number of aliphatic carboxylic acids is 1. The van der Waals surface area contributed by atoms with Crippen LogP contribution < -0.4 is 5.32 Å². The molecule has 1 aliphatic heterocycles. The van der Waals surface area contributed by atoms with Crippen LogP contribution in [-0.2, 0) is 20.7 Å². The quantitative estimate of drug-likeness (QED) is 0.372. The van der Waals surface area contributed by atoms with Gasteiger partial charge in [-0.25, -0.2) is 9.59 Å². The van der Waals surface area contributed by atoms with Crippen molar-refractivity contribution in [2.24, 2.45) is 0 Å². The monoisotopic (exact) mass is 351 g/mol. The Hall–Kier alpha value is -3.08. The number of rotatable bonds is 5. The van der Waals surface area contributed by atoms with Gasteiger partial charge >= 0.3 is 11.9 Å². The summed E-state index contributed by atoms with van der Waals surface area (Å²) in [6.07, 6.45) is 2.03. The molecule has 1 atom stereocenters. The lowest BCUT2D eigenvalue weighted by Gasteiger charge is -2.21. The highest BCUT2D eigenvalue weighted by Gasteiger charge is 2.35. The van der Waals surface area contributed by atoms with Crippen LogP contribution in [0.1, 0.15) is 19.4 Å². The minimum absolute atomic E-state index is 0.131. The highest BCUT2D eigenvalue weighted by molar-refractivity contribution is 6.13. The van der Waals surface area contributed by atoms with Crippen molar-refractivity contribution in [3.63, 3.8) is 0 Å². The first kappa shape index (κ1) is 17.7. The van der Waals surface area contributed by atoms with Gasteiger partial charge < -0.3 is 15.2 Å². The molecule has 0 spiro atoms. The predicted molar refractivity (Wildman–Crippen MR) is 100.0 cm³/mol. The SMILES string of the molecule is CCOC(=O)C(=CC1(C)Cc2c(cccc2-c2ccccc2)N1)C(=O)O. The Morgan fingerprint density at radius 1 is 1.19 bits per heavy atom. The summed E-state index contributed by atoms with van der Waals surface area (Å²) in [6.45, 7) is 3.66. The number of hydrogen-bond donors (Lipinski definition) is 2. The van der Waals surface area contributed by atoms with Gasteiger partial charge in [0.25, 0.3) is 0 Å². The summed E-state index contributed by atoms with van der Waals surface area (Å²) in [4.78, 5) is 23.5. The van der Waals surface area contributed by atoms with E-state index in [1.807, 2.05) is 49.4 Å². The van der Waals surface area contributed by atoms with Crippen molar-refractivity contribution in [1.82, 2.24) is 0 Å².